The third-order valence-corrected chi connectivity index (χ3v) is 6.04. The zero-order chi connectivity index (χ0) is 24.2. The van der Waals surface area contributed by atoms with E-state index < -0.39 is 11.9 Å². The van der Waals surface area contributed by atoms with E-state index in [0.717, 1.165) is 22.9 Å². The number of anilines is 1. The van der Waals surface area contributed by atoms with Gasteiger partial charge in [-0.15, -0.1) is 0 Å². The number of halogens is 3. The standard InChI is InChI=1S/C24H20F3N5O2/c1-13-11-15(16-4-5-18-17(28-16)6-8-21(29-18)24(25,26)27)3-7-20(13)31-9-10-32-22(23(31)34)14(2)19(12-33)30-32/h3-8,11,33H,9-10,12H2,1-2H3. The molecule has 1 amide bonds. The smallest absolute Gasteiger partial charge is 0.390 e. The Morgan fingerprint density at radius 2 is 1.74 bits per heavy atom. The first-order chi connectivity index (χ1) is 16.2. The fourth-order valence-corrected chi connectivity index (χ4v) is 4.28. The van der Waals surface area contributed by atoms with E-state index in [4.69, 9.17) is 0 Å². The summed E-state index contributed by atoms with van der Waals surface area (Å²) in [7, 11) is 0. The average molecular weight is 467 g/mol. The lowest BCUT2D eigenvalue weighted by Crippen LogP contribution is -2.41. The normalized spacial score (nSPS) is 14.1. The Hall–Kier alpha value is -3.79. The van der Waals surface area contributed by atoms with E-state index in [0.29, 0.717) is 41.3 Å². The van der Waals surface area contributed by atoms with Gasteiger partial charge in [0.15, 0.2) is 0 Å². The van der Waals surface area contributed by atoms with Crippen molar-refractivity contribution in [2.75, 3.05) is 11.4 Å². The number of fused-ring (bicyclic) bond motifs is 2. The Morgan fingerprint density at radius 3 is 2.44 bits per heavy atom. The first-order valence-corrected chi connectivity index (χ1v) is 10.6. The summed E-state index contributed by atoms with van der Waals surface area (Å²) in [5.41, 5.74) is 4.19. The SMILES string of the molecule is Cc1cc(-c2ccc3nc(C(F)(F)F)ccc3n2)ccc1N1CCn2nc(CO)c(C)c2C1=O. The Morgan fingerprint density at radius 1 is 1.00 bits per heavy atom. The number of nitrogens with zero attached hydrogens (tertiary/aromatic N) is 5. The van der Waals surface area contributed by atoms with Gasteiger partial charge >= 0.3 is 6.18 Å². The molecule has 1 N–H and O–H groups in total. The van der Waals surface area contributed by atoms with Gasteiger partial charge in [-0.05, 0) is 55.8 Å². The van der Waals surface area contributed by atoms with E-state index in [1.54, 1.807) is 22.6 Å². The number of alkyl halides is 3. The summed E-state index contributed by atoms with van der Waals surface area (Å²) in [6.07, 6.45) is -4.51. The molecule has 0 saturated carbocycles. The van der Waals surface area contributed by atoms with Gasteiger partial charge in [0.05, 0.1) is 35.6 Å². The zero-order valence-electron chi connectivity index (χ0n) is 18.4. The van der Waals surface area contributed by atoms with Crippen molar-refractivity contribution in [2.45, 2.75) is 33.2 Å². The third-order valence-electron chi connectivity index (χ3n) is 6.04. The summed E-state index contributed by atoms with van der Waals surface area (Å²) in [5.74, 6) is -0.179. The van der Waals surface area contributed by atoms with Crippen molar-refractivity contribution < 1.29 is 23.1 Å². The monoisotopic (exact) mass is 467 g/mol. The Balaban J connectivity index is 1.46. The molecule has 0 saturated heterocycles. The van der Waals surface area contributed by atoms with E-state index in [-0.39, 0.29) is 18.0 Å². The number of hydrogen-bond acceptors (Lipinski definition) is 5. The van der Waals surface area contributed by atoms with Gasteiger partial charge in [-0.1, -0.05) is 6.07 Å². The van der Waals surface area contributed by atoms with Crippen LogP contribution in [0, 0.1) is 13.8 Å². The van der Waals surface area contributed by atoms with Crippen LogP contribution in [0.2, 0.25) is 0 Å². The number of aliphatic hydroxyl groups excluding tert-OH is 1. The molecule has 5 rings (SSSR count). The van der Waals surface area contributed by atoms with E-state index in [1.165, 1.54) is 12.1 Å². The summed E-state index contributed by atoms with van der Waals surface area (Å²) >= 11 is 0. The minimum Gasteiger partial charge on any atom is -0.390 e. The Labute approximate surface area is 192 Å². The highest BCUT2D eigenvalue weighted by molar-refractivity contribution is 6.07. The highest BCUT2D eigenvalue weighted by Gasteiger charge is 2.33. The van der Waals surface area contributed by atoms with Crippen LogP contribution in [0.15, 0.2) is 42.5 Å². The van der Waals surface area contributed by atoms with Crippen molar-refractivity contribution in [3.8, 4) is 11.3 Å². The summed E-state index contributed by atoms with van der Waals surface area (Å²) in [6, 6.07) is 11.0. The van der Waals surface area contributed by atoms with Gasteiger partial charge in [-0.25, -0.2) is 9.97 Å². The minimum atomic E-state index is -4.51. The fourth-order valence-electron chi connectivity index (χ4n) is 4.28. The van der Waals surface area contributed by atoms with Crippen molar-refractivity contribution in [1.29, 1.82) is 0 Å². The van der Waals surface area contributed by atoms with Crippen LogP contribution >= 0.6 is 0 Å². The molecule has 0 bridgehead atoms. The number of aryl methyl sites for hydroxylation is 1. The predicted molar refractivity (Wildman–Crippen MR) is 119 cm³/mol. The van der Waals surface area contributed by atoms with Gasteiger partial charge in [0.2, 0.25) is 0 Å². The second kappa shape index (κ2) is 7.91. The van der Waals surface area contributed by atoms with Crippen LogP contribution in [0.4, 0.5) is 18.9 Å². The van der Waals surface area contributed by atoms with Crippen molar-refractivity contribution in [2.24, 2.45) is 0 Å². The van der Waals surface area contributed by atoms with Crippen LogP contribution in [0.25, 0.3) is 22.3 Å². The van der Waals surface area contributed by atoms with Crippen LogP contribution < -0.4 is 4.90 Å². The Bertz CT molecular complexity index is 1440. The average Bonchev–Trinajstić information content (AvgIpc) is 3.14. The van der Waals surface area contributed by atoms with Gasteiger partial charge < -0.3 is 10.0 Å². The number of pyridine rings is 2. The number of carbonyl (C=O) groups excluding carboxylic acids is 1. The molecule has 3 aromatic heterocycles. The summed E-state index contributed by atoms with van der Waals surface area (Å²) in [4.78, 5) is 23.0. The van der Waals surface area contributed by atoms with E-state index in [9.17, 15) is 23.1 Å². The van der Waals surface area contributed by atoms with Crippen molar-refractivity contribution in [3.05, 3.63) is 70.7 Å². The van der Waals surface area contributed by atoms with Gasteiger partial charge in [-0.3, -0.25) is 9.48 Å². The molecule has 34 heavy (non-hydrogen) atoms. The quantitative estimate of drug-likeness (QED) is 0.486. The second-order valence-electron chi connectivity index (χ2n) is 8.19. The molecule has 0 radical (unpaired) electrons. The van der Waals surface area contributed by atoms with Crippen LogP contribution in [-0.4, -0.2) is 37.3 Å². The predicted octanol–water partition coefficient (Wildman–Crippen LogP) is 4.28. The number of amides is 1. The number of aliphatic hydroxyl groups is 1. The molecule has 1 aliphatic heterocycles. The number of carbonyl (C=O) groups is 1. The molecule has 0 fully saturated rings. The van der Waals surface area contributed by atoms with Gasteiger partial charge in [-0.2, -0.15) is 18.3 Å². The maximum atomic E-state index is 13.2. The minimum absolute atomic E-state index is 0.167. The summed E-state index contributed by atoms with van der Waals surface area (Å²) in [6.45, 7) is 4.40. The maximum absolute atomic E-state index is 13.2. The van der Waals surface area contributed by atoms with Crippen molar-refractivity contribution in [1.82, 2.24) is 19.7 Å². The number of rotatable bonds is 3. The van der Waals surface area contributed by atoms with Crippen LogP contribution in [0.1, 0.15) is 33.0 Å². The topological polar surface area (TPSA) is 84.1 Å². The molecule has 10 heteroatoms. The molecule has 1 aromatic carbocycles. The summed E-state index contributed by atoms with van der Waals surface area (Å²) < 4.78 is 40.4. The number of benzene rings is 1. The molecule has 0 atom stereocenters. The molecule has 174 valence electrons. The highest BCUT2D eigenvalue weighted by atomic mass is 19.4. The number of aromatic nitrogens is 4. The van der Waals surface area contributed by atoms with Gasteiger partial charge in [0.25, 0.3) is 5.91 Å². The second-order valence-corrected chi connectivity index (χ2v) is 8.19. The molecule has 0 spiro atoms. The lowest BCUT2D eigenvalue weighted by molar-refractivity contribution is -0.140. The maximum Gasteiger partial charge on any atom is 0.433 e. The van der Waals surface area contributed by atoms with Crippen molar-refractivity contribution >= 4 is 22.6 Å². The van der Waals surface area contributed by atoms with Crippen LogP contribution in [0.3, 0.4) is 0 Å². The third kappa shape index (κ3) is 3.60. The zero-order valence-corrected chi connectivity index (χ0v) is 18.4. The molecular weight excluding hydrogens is 447 g/mol. The molecule has 0 unspecified atom stereocenters. The lowest BCUT2D eigenvalue weighted by atomic mass is 10.0. The fraction of sp³-hybridized carbons (Fsp3) is 0.250. The summed E-state index contributed by atoms with van der Waals surface area (Å²) in [5, 5.41) is 13.8. The van der Waals surface area contributed by atoms with E-state index >= 15 is 0 Å². The first kappa shape index (κ1) is 22.0. The lowest BCUT2D eigenvalue weighted by Gasteiger charge is -2.29. The highest BCUT2D eigenvalue weighted by Crippen LogP contribution is 2.32. The van der Waals surface area contributed by atoms with E-state index in [2.05, 4.69) is 15.1 Å². The molecule has 7 nitrogen and oxygen atoms in total. The molecule has 4 aromatic rings. The molecule has 4 heterocycles. The Kier molecular flexibility index (Phi) is 5.12. The van der Waals surface area contributed by atoms with Crippen LogP contribution in [-0.2, 0) is 19.3 Å². The first-order valence-electron chi connectivity index (χ1n) is 10.6. The van der Waals surface area contributed by atoms with Crippen molar-refractivity contribution in [3.63, 3.8) is 0 Å². The van der Waals surface area contributed by atoms with Gasteiger partial charge in [0, 0.05) is 23.4 Å². The van der Waals surface area contributed by atoms with E-state index in [1.807, 2.05) is 25.1 Å². The molecule has 1 aliphatic rings. The van der Waals surface area contributed by atoms with Crippen LogP contribution in [0.5, 0.6) is 0 Å². The van der Waals surface area contributed by atoms with Gasteiger partial charge in [0.1, 0.15) is 11.4 Å². The number of hydrogen-bond donors (Lipinski definition) is 1. The molecule has 0 aliphatic carbocycles. The molecular formula is C24H20F3N5O2. The largest absolute Gasteiger partial charge is 0.433 e.